The molecule has 0 spiro atoms. The van der Waals surface area contributed by atoms with Crippen LogP contribution in [-0.4, -0.2) is 38.0 Å². The predicted molar refractivity (Wildman–Crippen MR) is 240 cm³/mol. The van der Waals surface area contributed by atoms with Crippen molar-refractivity contribution in [3.8, 4) is 23.7 Å². The van der Waals surface area contributed by atoms with Gasteiger partial charge in [-0.3, -0.25) is 11.8 Å². The Morgan fingerprint density at radius 2 is 0.649 bits per heavy atom. The van der Waals surface area contributed by atoms with E-state index >= 15 is 0 Å². The Labute approximate surface area is 353 Å². The predicted octanol–water partition coefficient (Wildman–Crippen LogP) is 9.48. The SMILES string of the molecule is CN(C)C(c1ccccc1)C1C#C[C-]=C1P(c1ccccc1)c1ccccc1.CN(C)C(c1ccccc1)C1C#C[C-]=C1P(c1ccccc1)c1ccccc1.[Fe+2]. The molecule has 0 fully saturated rings. The van der Waals surface area contributed by atoms with E-state index in [4.69, 9.17) is 0 Å². The smallest absolute Gasteiger partial charge is 0.320 e. The second kappa shape index (κ2) is 20.6. The zero-order chi connectivity index (χ0) is 38.7. The van der Waals surface area contributed by atoms with Crippen molar-refractivity contribution in [2.75, 3.05) is 28.2 Å². The van der Waals surface area contributed by atoms with Gasteiger partial charge >= 0.3 is 17.1 Å². The fraction of sp³-hybridized carbons (Fsp3) is 0.154. The number of hydrogen-bond acceptors (Lipinski definition) is 2. The van der Waals surface area contributed by atoms with Gasteiger partial charge in [0, 0.05) is 12.1 Å². The summed E-state index contributed by atoms with van der Waals surface area (Å²) in [6, 6.07) is 65.0. The first-order chi connectivity index (χ1) is 27.5. The Morgan fingerprint density at radius 1 is 0.404 bits per heavy atom. The van der Waals surface area contributed by atoms with E-state index in [9.17, 15) is 0 Å². The van der Waals surface area contributed by atoms with Gasteiger partial charge in [-0.1, -0.05) is 182 Å². The van der Waals surface area contributed by atoms with Crippen LogP contribution in [0.25, 0.3) is 0 Å². The Balaban J connectivity index is 0.000000189. The van der Waals surface area contributed by atoms with Crippen LogP contribution in [0.2, 0.25) is 0 Å². The first kappa shape index (κ1) is 41.8. The first-order valence-corrected chi connectivity index (χ1v) is 21.7. The summed E-state index contributed by atoms with van der Waals surface area (Å²) in [5, 5.41) is 7.93. The Bertz CT molecular complexity index is 2090. The minimum Gasteiger partial charge on any atom is -0.320 e. The van der Waals surface area contributed by atoms with Gasteiger partial charge in [-0.2, -0.15) is 12.2 Å². The van der Waals surface area contributed by atoms with Gasteiger partial charge < -0.3 is 21.6 Å². The number of allylic oxidation sites excluding steroid dienone is 2. The molecule has 0 radical (unpaired) electrons. The van der Waals surface area contributed by atoms with Crippen molar-refractivity contribution in [3.63, 3.8) is 0 Å². The molecule has 0 saturated carbocycles. The van der Waals surface area contributed by atoms with E-state index in [0.29, 0.717) is 0 Å². The Hall–Kier alpha value is -4.78. The van der Waals surface area contributed by atoms with Crippen molar-refractivity contribution in [1.82, 2.24) is 9.80 Å². The molecule has 0 amide bonds. The van der Waals surface area contributed by atoms with Crippen LogP contribution in [0.3, 0.4) is 0 Å². The first-order valence-electron chi connectivity index (χ1n) is 19.0. The quantitative estimate of drug-likeness (QED) is 0.0526. The van der Waals surface area contributed by atoms with Gasteiger partial charge in [0.15, 0.2) is 0 Å². The van der Waals surface area contributed by atoms with E-state index in [-0.39, 0.29) is 41.0 Å². The molecule has 5 heteroatoms. The monoisotopic (exact) mass is 816 g/mol. The summed E-state index contributed by atoms with van der Waals surface area (Å²) in [5.74, 6) is 13.6. The Kier molecular flexibility index (Phi) is 15.1. The molecule has 0 bridgehead atoms. The van der Waals surface area contributed by atoms with Gasteiger partial charge in [-0.25, -0.2) is 0 Å². The van der Waals surface area contributed by atoms with Gasteiger partial charge in [-0.05, 0) is 88.2 Å². The minimum absolute atomic E-state index is 0. The zero-order valence-electron chi connectivity index (χ0n) is 32.8. The van der Waals surface area contributed by atoms with Crippen LogP contribution >= 0.6 is 15.8 Å². The van der Waals surface area contributed by atoms with Gasteiger partial charge in [0.2, 0.25) is 0 Å². The van der Waals surface area contributed by atoms with Crippen LogP contribution < -0.4 is 21.2 Å². The molecule has 4 atom stereocenters. The molecule has 2 nitrogen and oxygen atoms in total. The maximum Gasteiger partial charge on any atom is 2.00 e. The van der Waals surface area contributed by atoms with Crippen LogP contribution in [0.5, 0.6) is 0 Å². The zero-order valence-corrected chi connectivity index (χ0v) is 35.7. The van der Waals surface area contributed by atoms with Crippen LogP contribution in [0.15, 0.2) is 193 Å². The molecule has 2 aliphatic carbocycles. The molecule has 8 rings (SSSR count). The van der Waals surface area contributed by atoms with Crippen molar-refractivity contribution in [1.29, 1.82) is 0 Å². The third-order valence-electron chi connectivity index (χ3n) is 9.99. The molecule has 2 aliphatic rings. The molecule has 0 N–H and O–H groups in total. The molecule has 4 unspecified atom stereocenters. The summed E-state index contributed by atoms with van der Waals surface area (Å²) in [6.45, 7) is 0. The standard InChI is InChI=1S/2C26H23NP.Fe/c2*1-27(2)26(21-13-6-3-7-14-21)24-19-12-20-25(24)28(22-15-8-4-9-16-22)23-17-10-5-11-18-23;/h2*3-11,13-18,24,26H,1-2H3;/q2*-1;+2. The maximum absolute atomic E-state index is 3.48. The second-order valence-corrected chi connectivity index (χ2v) is 18.5. The second-order valence-electron chi connectivity index (χ2n) is 14.2. The number of rotatable bonds is 12. The largest absolute Gasteiger partial charge is 2.00 e. The fourth-order valence-electron chi connectivity index (χ4n) is 7.54. The number of benzene rings is 6. The summed E-state index contributed by atoms with van der Waals surface area (Å²) >= 11 is 0. The third kappa shape index (κ3) is 10.0. The average Bonchev–Trinajstić information content (AvgIpc) is 3.91. The Morgan fingerprint density at radius 3 is 0.895 bits per heavy atom. The van der Waals surface area contributed by atoms with Crippen molar-refractivity contribution in [3.05, 3.63) is 216 Å². The van der Waals surface area contributed by atoms with Gasteiger partial charge in [0.25, 0.3) is 0 Å². The third-order valence-corrected chi connectivity index (χ3v) is 15.0. The minimum atomic E-state index is -0.685. The number of hydrogen-bond donors (Lipinski definition) is 0. The van der Waals surface area contributed by atoms with E-state index in [1.807, 2.05) is 0 Å². The van der Waals surface area contributed by atoms with E-state index in [1.165, 1.54) is 43.0 Å². The van der Waals surface area contributed by atoms with E-state index in [0.717, 1.165) is 0 Å². The van der Waals surface area contributed by atoms with Crippen molar-refractivity contribution >= 4 is 37.1 Å². The van der Waals surface area contributed by atoms with E-state index in [1.54, 1.807) is 0 Å². The van der Waals surface area contributed by atoms with Crippen LogP contribution in [0.1, 0.15) is 23.2 Å². The van der Waals surface area contributed by atoms with Gasteiger partial charge in [-0.15, -0.1) is 10.6 Å². The maximum atomic E-state index is 3.48. The summed E-state index contributed by atoms with van der Waals surface area (Å²) in [6.07, 6.45) is 6.93. The molecular weight excluding hydrogens is 770 g/mol. The summed E-state index contributed by atoms with van der Waals surface area (Å²) in [5.41, 5.74) is 2.59. The van der Waals surface area contributed by atoms with Gasteiger partial charge in [0.1, 0.15) is 0 Å². The molecule has 57 heavy (non-hydrogen) atoms. The number of nitrogens with zero attached hydrogens (tertiary/aromatic N) is 2. The molecular formula is C52H46FeN2P2. The average molecular weight is 817 g/mol. The fourth-order valence-corrected chi connectivity index (χ4v) is 12.4. The molecule has 282 valence electrons. The molecule has 6 aromatic carbocycles. The molecule has 0 saturated heterocycles. The molecule has 6 aromatic rings. The van der Waals surface area contributed by atoms with Crippen LogP contribution in [0, 0.1) is 47.7 Å². The van der Waals surface area contributed by atoms with Crippen molar-refractivity contribution < 1.29 is 17.1 Å². The summed E-state index contributed by atoms with van der Waals surface area (Å²) in [7, 11) is 7.20. The molecule has 0 aliphatic heterocycles. The normalized spacial score (nSPS) is 16.3. The molecule has 0 heterocycles. The van der Waals surface area contributed by atoms with E-state index < -0.39 is 15.8 Å². The van der Waals surface area contributed by atoms with E-state index in [2.05, 4.69) is 256 Å². The summed E-state index contributed by atoms with van der Waals surface area (Å²) in [4.78, 5) is 4.57. The topological polar surface area (TPSA) is 6.48 Å². The van der Waals surface area contributed by atoms with Crippen LogP contribution in [-0.2, 0) is 17.1 Å². The van der Waals surface area contributed by atoms with Gasteiger partial charge in [0.05, 0.1) is 0 Å². The van der Waals surface area contributed by atoms with Crippen molar-refractivity contribution in [2.24, 2.45) is 11.8 Å². The summed E-state index contributed by atoms with van der Waals surface area (Å²) < 4.78 is 0. The van der Waals surface area contributed by atoms with Crippen LogP contribution in [0.4, 0.5) is 0 Å². The molecule has 0 aromatic heterocycles. The van der Waals surface area contributed by atoms with Crippen molar-refractivity contribution in [2.45, 2.75) is 12.1 Å².